The van der Waals surface area contributed by atoms with Crippen LogP contribution in [0.5, 0.6) is 0 Å². The quantitative estimate of drug-likeness (QED) is 0.928. The molecule has 1 aromatic heterocycles. The van der Waals surface area contributed by atoms with Gasteiger partial charge in [0.2, 0.25) is 0 Å². The Kier molecular flexibility index (Phi) is 4.58. The predicted molar refractivity (Wildman–Crippen MR) is 81.4 cm³/mol. The number of anilines is 2. The average molecular weight is 290 g/mol. The van der Waals surface area contributed by atoms with Crippen molar-refractivity contribution < 1.29 is 4.79 Å². The van der Waals surface area contributed by atoms with Gasteiger partial charge in [0.25, 0.3) is 0 Å². The number of halogens is 1. The average Bonchev–Trinajstić information content (AvgIpc) is 2.43. The molecule has 1 aromatic carbocycles. The van der Waals surface area contributed by atoms with Gasteiger partial charge in [0.15, 0.2) is 0 Å². The van der Waals surface area contributed by atoms with Crippen molar-refractivity contribution in [3.05, 3.63) is 53.3 Å². The fraction of sp³-hybridized carbons (Fsp3) is 0.200. The van der Waals surface area contributed by atoms with Crippen LogP contribution in [0.3, 0.4) is 0 Å². The lowest BCUT2D eigenvalue weighted by atomic mass is 10.1. The minimum Gasteiger partial charge on any atom is -0.351 e. The van der Waals surface area contributed by atoms with Gasteiger partial charge in [0.1, 0.15) is 0 Å². The monoisotopic (exact) mass is 289 g/mol. The van der Waals surface area contributed by atoms with E-state index in [1.165, 1.54) is 4.90 Å². The summed E-state index contributed by atoms with van der Waals surface area (Å²) in [6, 6.07) is 8.47. The molecule has 0 bridgehead atoms. The van der Waals surface area contributed by atoms with Crippen LogP contribution in [-0.4, -0.2) is 11.0 Å². The summed E-state index contributed by atoms with van der Waals surface area (Å²) in [5.41, 5.74) is 7.77. The van der Waals surface area contributed by atoms with Crippen LogP contribution in [-0.2, 0) is 6.42 Å². The number of hydrogen-bond donors (Lipinski definition) is 1. The second-order valence-electron chi connectivity index (χ2n) is 4.41. The lowest BCUT2D eigenvalue weighted by molar-refractivity contribution is 0.256. The fourth-order valence-electron chi connectivity index (χ4n) is 2.04. The van der Waals surface area contributed by atoms with E-state index in [0.717, 1.165) is 18.4 Å². The molecular weight excluding hydrogens is 274 g/mol. The van der Waals surface area contributed by atoms with Crippen molar-refractivity contribution in [2.45, 2.75) is 19.8 Å². The van der Waals surface area contributed by atoms with Crippen LogP contribution in [0.25, 0.3) is 0 Å². The Labute approximate surface area is 123 Å². The van der Waals surface area contributed by atoms with Crippen LogP contribution >= 0.6 is 11.6 Å². The second-order valence-corrected chi connectivity index (χ2v) is 4.82. The molecule has 0 aliphatic carbocycles. The molecule has 0 aliphatic heterocycles. The lowest BCUT2D eigenvalue weighted by Crippen LogP contribution is -2.31. The number of aryl methyl sites for hydroxylation is 1. The zero-order valence-corrected chi connectivity index (χ0v) is 12.0. The predicted octanol–water partition coefficient (Wildman–Crippen LogP) is 3.90. The Bertz CT molecular complexity index is 601. The minimum atomic E-state index is -0.572. The van der Waals surface area contributed by atoms with Crippen LogP contribution in [0.2, 0.25) is 5.02 Å². The topological polar surface area (TPSA) is 59.2 Å². The number of pyridine rings is 1. The number of nitrogens with zero attached hydrogens (tertiary/aromatic N) is 2. The van der Waals surface area contributed by atoms with Crippen molar-refractivity contribution >= 4 is 29.0 Å². The molecule has 0 unspecified atom stereocenters. The molecule has 5 heteroatoms. The molecule has 0 aliphatic rings. The van der Waals surface area contributed by atoms with Gasteiger partial charge in [0, 0.05) is 11.2 Å². The van der Waals surface area contributed by atoms with Crippen LogP contribution < -0.4 is 10.6 Å². The van der Waals surface area contributed by atoms with Gasteiger partial charge in [-0.05, 0) is 36.2 Å². The zero-order chi connectivity index (χ0) is 14.5. The summed E-state index contributed by atoms with van der Waals surface area (Å²) in [6.45, 7) is 2.09. The third-order valence-corrected chi connectivity index (χ3v) is 3.29. The summed E-state index contributed by atoms with van der Waals surface area (Å²) < 4.78 is 0. The van der Waals surface area contributed by atoms with Crippen molar-refractivity contribution in [1.82, 2.24) is 4.98 Å². The Hall–Kier alpha value is -2.07. The molecule has 2 rings (SSSR count). The first kappa shape index (κ1) is 14.3. The maximum atomic E-state index is 11.7. The number of carbonyl (C=O) groups is 1. The first-order chi connectivity index (χ1) is 9.63. The maximum Gasteiger partial charge on any atom is 0.323 e. The molecule has 0 spiro atoms. The smallest absolute Gasteiger partial charge is 0.323 e. The maximum absolute atomic E-state index is 11.7. The zero-order valence-electron chi connectivity index (χ0n) is 11.2. The second kappa shape index (κ2) is 6.39. The van der Waals surface area contributed by atoms with Gasteiger partial charge in [0.05, 0.1) is 17.6 Å². The standard InChI is InChI=1S/C15H16ClN3O/c1-2-4-11-6-7-12(9-14(11)16)19(15(17)20)13-5-3-8-18-10-13/h3,5-10H,2,4H2,1H3,(H2,17,20). The van der Waals surface area contributed by atoms with Gasteiger partial charge >= 0.3 is 6.03 Å². The van der Waals surface area contributed by atoms with E-state index in [2.05, 4.69) is 11.9 Å². The molecule has 104 valence electrons. The highest BCUT2D eigenvalue weighted by Gasteiger charge is 2.16. The Morgan fingerprint density at radius 3 is 2.70 bits per heavy atom. The number of hydrogen-bond acceptors (Lipinski definition) is 2. The van der Waals surface area contributed by atoms with E-state index < -0.39 is 6.03 Å². The summed E-state index contributed by atoms with van der Waals surface area (Å²) >= 11 is 6.25. The van der Waals surface area contributed by atoms with Crippen molar-refractivity contribution in [3.8, 4) is 0 Å². The van der Waals surface area contributed by atoms with Crippen LogP contribution in [0.15, 0.2) is 42.7 Å². The van der Waals surface area contributed by atoms with E-state index in [1.54, 1.807) is 30.6 Å². The largest absolute Gasteiger partial charge is 0.351 e. The highest BCUT2D eigenvalue weighted by atomic mass is 35.5. The molecule has 0 atom stereocenters. The molecule has 0 saturated heterocycles. The fourth-order valence-corrected chi connectivity index (χ4v) is 2.31. The van der Waals surface area contributed by atoms with Gasteiger partial charge in [-0.25, -0.2) is 4.79 Å². The third-order valence-electron chi connectivity index (χ3n) is 2.94. The Balaban J connectivity index is 2.41. The first-order valence-corrected chi connectivity index (χ1v) is 6.79. The molecule has 2 N–H and O–H groups in total. The van der Waals surface area contributed by atoms with Crippen LogP contribution in [0, 0.1) is 0 Å². The molecule has 2 amide bonds. The van der Waals surface area contributed by atoms with E-state index >= 15 is 0 Å². The molecule has 0 radical (unpaired) electrons. The van der Waals surface area contributed by atoms with Crippen molar-refractivity contribution in [2.75, 3.05) is 4.90 Å². The molecule has 0 saturated carbocycles. The summed E-state index contributed by atoms with van der Waals surface area (Å²) in [6.07, 6.45) is 5.14. The summed E-state index contributed by atoms with van der Waals surface area (Å²) in [7, 11) is 0. The van der Waals surface area contributed by atoms with Crippen molar-refractivity contribution in [2.24, 2.45) is 5.73 Å². The number of primary amides is 1. The molecule has 2 aromatic rings. The Morgan fingerprint density at radius 2 is 2.15 bits per heavy atom. The van der Waals surface area contributed by atoms with Gasteiger partial charge in [-0.3, -0.25) is 9.88 Å². The van der Waals surface area contributed by atoms with Gasteiger partial charge < -0.3 is 5.73 Å². The normalized spacial score (nSPS) is 10.3. The van der Waals surface area contributed by atoms with Gasteiger partial charge in [-0.2, -0.15) is 0 Å². The number of urea groups is 1. The van der Waals surface area contributed by atoms with Crippen molar-refractivity contribution in [1.29, 1.82) is 0 Å². The highest BCUT2D eigenvalue weighted by Crippen LogP contribution is 2.29. The van der Waals surface area contributed by atoms with Gasteiger partial charge in [-0.15, -0.1) is 0 Å². The number of rotatable bonds is 4. The summed E-state index contributed by atoms with van der Waals surface area (Å²) in [5, 5.41) is 0.638. The van der Waals surface area contributed by atoms with Gasteiger partial charge in [-0.1, -0.05) is 31.0 Å². The third kappa shape index (κ3) is 3.08. The summed E-state index contributed by atoms with van der Waals surface area (Å²) in [4.78, 5) is 17.1. The number of nitrogens with two attached hydrogens (primary N) is 1. The SMILES string of the molecule is CCCc1ccc(N(C(N)=O)c2cccnc2)cc1Cl. The number of aromatic nitrogens is 1. The van der Waals surface area contributed by atoms with E-state index in [0.29, 0.717) is 16.4 Å². The molecule has 0 fully saturated rings. The molecular formula is C15H16ClN3O. The van der Waals surface area contributed by atoms with Crippen LogP contribution in [0.1, 0.15) is 18.9 Å². The minimum absolute atomic E-state index is 0.572. The highest BCUT2D eigenvalue weighted by molar-refractivity contribution is 6.31. The Morgan fingerprint density at radius 1 is 1.35 bits per heavy atom. The number of amides is 2. The number of carbonyl (C=O) groups excluding carboxylic acids is 1. The van der Waals surface area contributed by atoms with E-state index in [4.69, 9.17) is 17.3 Å². The van der Waals surface area contributed by atoms with E-state index in [9.17, 15) is 4.79 Å². The molecule has 20 heavy (non-hydrogen) atoms. The van der Waals surface area contributed by atoms with E-state index in [-0.39, 0.29) is 0 Å². The summed E-state index contributed by atoms with van der Waals surface area (Å²) in [5.74, 6) is 0. The van der Waals surface area contributed by atoms with Crippen molar-refractivity contribution in [3.63, 3.8) is 0 Å². The lowest BCUT2D eigenvalue weighted by Gasteiger charge is -2.21. The first-order valence-electron chi connectivity index (χ1n) is 6.41. The molecule has 4 nitrogen and oxygen atoms in total. The molecule has 1 heterocycles. The number of benzene rings is 1. The van der Waals surface area contributed by atoms with E-state index in [1.807, 2.05) is 12.1 Å². The van der Waals surface area contributed by atoms with Crippen LogP contribution in [0.4, 0.5) is 16.2 Å².